The second-order valence-corrected chi connectivity index (χ2v) is 5.02. The number of rotatable bonds is 3. The largest absolute Gasteiger partial charge is 0.369 e. The van der Waals surface area contributed by atoms with Gasteiger partial charge >= 0.3 is 0 Å². The van der Waals surface area contributed by atoms with E-state index in [1.807, 2.05) is 6.07 Å². The van der Waals surface area contributed by atoms with Crippen molar-refractivity contribution in [2.75, 3.05) is 0 Å². The highest BCUT2D eigenvalue weighted by Gasteiger charge is 2.05. The molecule has 1 aromatic heterocycles. The van der Waals surface area contributed by atoms with Crippen LogP contribution < -0.4 is 5.73 Å². The Morgan fingerprint density at radius 1 is 1.25 bits per heavy atom. The van der Waals surface area contributed by atoms with Crippen molar-refractivity contribution in [3.8, 4) is 0 Å². The molecule has 3 nitrogen and oxygen atoms in total. The minimum atomic E-state index is -0.356. The highest BCUT2D eigenvalue weighted by molar-refractivity contribution is 5.88. The maximum Gasteiger partial charge on any atom is 0.223 e. The molecule has 1 aromatic carbocycles. The van der Waals surface area contributed by atoms with Crippen molar-refractivity contribution < 1.29 is 6.22 Å². The fourth-order valence-corrected chi connectivity index (χ4v) is 2.47. The molecule has 1 aliphatic rings. The van der Waals surface area contributed by atoms with Crippen LogP contribution in [0.1, 0.15) is 25.5 Å². The quantitative estimate of drug-likeness (QED) is 0.927. The Morgan fingerprint density at radius 3 is 2.90 bits per heavy atom. The zero-order valence-electron chi connectivity index (χ0n) is 11.2. The van der Waals surface area contributed by atoms with Crippen LogP contribution in [0.4, 0.5) is 0 Å². The summed E-state index contributed by atoms with van der Waals surface area (Å²) in [5.41, 5.74) is 8.39. The van der Waals surface area contributed by atoms with Crippen LogP contribution in [0.5, 0.6) is 0 Å². The SMILES string of the molecule is NC(=O)Cc1cc2cc(C3=CCCC=C3)ccc2cn1.[HH]. The van der Waals surface area contributed by atoms with Gasteiger partial charge in [-0.05, 0) is 41.5 Å². The van der Waals surface area contributed by atoms with E-state index in [0.717, 1.165) is 29.3 Å². The lowest BCUT2D eigenvalue weighted by atomic mass is 9.97. The van der Waals surface area contributed by atoms with E-state index in [2.05, 4.69) is 41.4 Å². The Labute approximate surface area is 119 Å². The topological polar surface area (TPSA) is 56.0 Å². The van der Waals surface area contributed by atoms with Crippen LogP contribution in [0.15, 0.2) is 48.7 Å². The molecule has 0 saturated heterocycles. The molecule has 20 heavy (non-hydrogen) atoms. The van der Waals surface area contributed by atoms with Crippen LogP contribution in [0.3, 0.4) is 0 Å². The first-order valence-electron chi connectivity index (χ1n) is 6.76. The maximum absolute atomic E-state index is 11.0. The molecular weight excluding hydrogens is 248 g/mol. The Morgan fingerprint density at radius 2 is 2.15 bits per heavy atom. The summed E-state index contributed by atoms with van der Waals surface area (Å²) in [6.45, 7) is 0. The van der Waals surface area contributed by atoms with Gasteiger partial charge < -0.3 is 5.73 Å². The molecule has 1 amide bonds. The highest BCUT2D eigenvalue weighted by atomic mass is 16.1. The average molecular weight is 266 g/mol. The van der Waals surface area contributed by atoms with E-state index in [4.69, 9.17) is 5.73 Å². The van der Waals surface area contributed by atoms with Crippen molar-refractivity contribution in [3.05, 3.63) is 59.9 Å². The molecular formula is C17H18N2O. The fraction of sp³-hybridized carbons (Fsp3) is 0.176. The van der Waals surface area contributed by atoms with Gasteiger partial charge in [-0.2, -0.15) is 0 Å². The number of aromatic nitrogens is 1. The monoisotopic (exact) mass is 266 g/mol. The second kappa shape index (κ2) is 5.29. The molecule has 2 N–H and O–H groups in total. The normalized spacial score (nSPS) is 14.3. The van der Waals surface area contributed by atoms with Crippen molar-refractivity contribution in [2.45, 2.75) is 19.3 Å². The minimum absolute atomic E-state index is 0. The molecule has 3 rings (SSSR count). The molecule has 0 radical (unpaired) electrons. The molecule has 0 fully saturated rings. The van der Waals surface area contributed by atoms with Gasteiger partial charge in [0.15, 0.2) is 0 Å². The molecule has 102 valence electrons. The number of nitrogens with two attached hydrogens (primary N) is 1. The number of carbonyl (C=O) groups excluding carboxylic acids is 1. The molecule has 0 saturated carbocycles. The van der Waals surface area contributed by atoms with E-state index in [1.54, 1.807) is 6.20 Å². The molecule has 0 aliphatic heterocycles. The molecule has 0 unspecified atom stereocenters. The van der Waals surface area contributed by atoms with Gasteiger partial charge in [0, 0.05) is 13.0 Å². The zero-order valence-corrected chi connectivity index (χ0v) is 11.2. The summed E-state index contributed by atoms with van der Waals surface area (Å²) in [5.74, 6) is -0.356. The number of amides is 1. The number of hydrogen-bond donors (Lipinski definition) is 1. The van der Waals surface area contributed by atoms with Gasteiger partial charge in [-0.25, -0.2) is 0 Å². The number of primary amides is 1. The van der Waals surface area contributed by atoms with E-state index < -0.39 is 0 Å². The molecule has 3 heteroatoms. The van der Waals surface area contributed by atoms with Gasteiger partial charge in [0.2, 0.25) is 5.91 Å². The molecule has 0 bridgehead atoms. The summed E-state index contributed by atoms with van der Waals surface area (Å²) in [6.07, 6.45) is 10.8. The first-order valence-corrected chi connectivity index (χ1v) is 6.76. The number of nitrogens with zero attached hydrogens (tertiary/aromatic N) is 1. The number of allylic oxidation sites excluding steroid dienone is 4. The number of hydrogen-bond acceptors (Lipinski definition) is 2. The van der Waals surface area contributed by atoms with Gasteiger partial charge in [0.25, 0.3) is 0 Å². The number of pyridine rings is 1. The van der Waals surface area contributed by atoms with E-state index >= 15 is 0 Å². The average Bonchev–Trinajstić information content (AvgIpc) is 2.47. The van der Waals surface area contributed by atoms with Crippen molar-refractivity contribution in [3.63, 3.8) is 0 Å². The summed E-state index contributed by atoms with van der Waals surface area (Å²) in [4.78, 5) is 15.2. The van der Waals surface area contributed by atoms with Crippen LogP contribution in [0.25, 0.3) is 16.3 Å². The summed E-state index contributed by atoms with van der Waals surface area (Å²) >= 11 is 0. The fourth-order valence-electron chi connectivity index (χ4n) is 2.47. The van der Waals surface area contributed by atoms with E-state index in [1.165, 1.54) is 11.1 Å². The van der Waals surface area contributed by atoms with Crippen LogP contribution in [0.2, 0.25) is 0 Å². The zero-order chi connectivity index (χ0) is 13.9. The number of carbonyl (C=O) groups is 1. The lowest BCUT2D eigenvalue weighted by Gasteiger charge is -2.09. The van der Waals surface area contributed by atoms with Crippen molar-refractivity contribution in [1.29, 1.82) is 0 Å². The minimum Gasteiger partial charge on any atom is -0.369 e. The Balaban J connectivity index is 0.00000161. The molecule has 1 aliphatic carbocycles. The van der Waals surface area contributed by atoms with E-state index in [9.17, 15) is 4.79 Å². The summed E-state index contributed by atoms with van der Waals surface area (Å²) < 4.78 is 0. The van der Waals surface area contributed by atoms with Gasteiger partial charge in [-0.1, -0.05) is 30.4 Å². The van der Waals surface area contributed by atoms with Crippen molar-refractivity contribution in [2.24, 2.45) is 5.73 Å². The van der Waals surface area contributed by atoms with Crippen LogP contribution in [-0.4, -0.2) is 10.9 Å². The molecule has 0 spiro atoms. The van der Waals surface area contributed by atoms with Gasteiger partial charge in [0.1, 0.15) is 0 Å². The Bertz CT molecular complexity index is 735. The number of benzene rings is 1. The standard InChI is InChI=1S/C17H16N2O.H2/c18-17(20)10-16-9-15-8-13(6-7-14(15)11-19-16)12-4-2-1-3-5-12;/h2,4-9,11H,1,3,10H2,(H2,18,20);1H. The first-order chi connectivity index (χ1) is 9.72. The lowest BCUT2D eigenvalue weighted by molar-refractivity contribution is -0.117. The molecule has 0 atom stereocenters. The smallest absolute Gasteiger partial charge is 0.223 e. The van der Waals surface area contributed by atoms with Crippen molar-refractivity contribution in [1.82, 2.24) is 4.98 Å². The van der Waals surface area contributed by atoms with Gasteiger partial charge in [0.05, 0.1) is 12.1 Å². The van der Waals surface area contributed by atoms with Crippen molar-refractivity contribution >= 4 is 22.3 Å². The van der Waals surface area contributed by atoms with Gasteiger partial charge in [-0.3, -0.25) is 9.78 Å². The maximum atomic E-state index is 11.0. The predicted molar refractivity (Wildman–Crippen MR) is 83.1 cm³/mol. The van der Waals surface area contributed by atoms with Gasteiger partial charge in [-0.15, -0.1) is 0 Å². The van der Waals surface area contributed by atoms with Crippen LogP contribution >= 0.6 is 0 Å². The highest BCUT2D eigenvalue weighted by Crippen LogP contribution is 2.25. The van der Waals surface area contributed by atoms with Crippen LogP contribution in [-0.2, 0) is 11.2 Å². The third kappa shape index (κ3) is 2.62. The lowest BCUT2D eigenvalue weighted by Crippen LogP contribution is -2.14. The Kier molecular flexibility index (Phi) is 3.33. The molecule has 1 heterocycles. The summed E-state index contributed by atoms with van der Waals surface area (Å²) in [5, 5.41) is 2.16. The van der Waals surface area contributed by atoms with E-state index in [0.29, 0.717) is 0 Å². The first kappa shape index (κ1) is 12.6. The summed E-state index contributed by atoms with van der Waals surface area (Å²) in [7, 11) is 0. The predicted octanol–water partition coefficient (Wildman–Crippen LogP) is 3.24. The number of fused-ring (bicyclic) bond motifs is 1. The third-order valence-corrected chi connectivity index (χ3v) is 3.46. The Hall–Kier alpha value is -2.42. The third-order valence-electron chi connectivity index (χ3n) is 3.46. The second-order valence-electron chi connectivity index (χ2n) is 5.02. The molecule has 2 aromatic rings. The summed E-state index contributed by atoms with van der Waals surface area (Å²) in [6, 6.07) is 8.26. The van der Waals surface area contributed by atoms with E-state index in [-0.39, 0.29) is 13.8 Å². The van der Waals surface area contributed by atoms with Crippen LogP contribution in [0, 0.1) is 0 Å².